The summed E-state index contributed by atoms with van der Waals surface area (Å²) in [5.41, 5.74) is -0.0600. The van der Waals surface area contributed by atoms with Gasteiger partial charge in [0.15, 0.2) is 0 Å². The number of rotatable bonds is 8. The second-order valence-electron chi connectivity index (χ2n) is 10.1. The number of nitrogens with one attached hydrogen (secondary N) is 1. The molecule has 202 valence electrons. The highest BCUT2D eigenvalue weighted by Crippen LogP contribution is 2.35. The molecule has 0 bridgehead atoms. The van der Waals surface area contributed by atoms with Gasteiger partial charge in [-0.25, -0.2) is 8.42 Å². The zero-order valence-corrected chi connectivity index (χ0v) is 21.7. The Morgan fingerprint density at radius 1 is 1.25 bits per heavy atom. The van der Waals surface area contributed by atoms with Gasteiger partial charge in [-0.15, -0.1) is 13.2 Å². The number of carbonyl (C=O) groups is 2. The van der Waals surface area contributed by atoms with Crippen LogP contribution in [0.15, 0.2) is 24.3 Å². The predicted octanol–water partition coefficient (Wildman–Crippen LogP) is 2.84. The zero-order chi connectivity index (χ0) is 26.8. The summed E-state index contributed by atoms with van der Waals surface area (Å²) in [5.74, 6) is -1.76. The third-order valence-corrected chi connectivity index (χ3v) is 8.13. The summed E-state index contributed by atoms with van der Waals surface area (Å²) < 4.78 is 65.7. The molecule has 0 radical (unpaired) electrons. The average molecular weight is 534 g/mol. The molecule has 2 amide bonds. The highest BCUT2D eigenvalue weighted by molar-refractivity contribution is 7.90. The lowest BCUT2D eigenvalue weighted by Crippen LogP contribution is -2.53. The van der Waals surface area contributed by atoms with Crippen molar-refractivity contribution in [2.75, 3.05) is 25.6 Å². The van der Waals surface area contributed by atoms with Crippen LogP contribution >= 0.6 is 0 Å². The van der Waals surface area contributed by atoms with Gasteiger partial charge in [-0.05, 0) is 70.7 Å². The molecule has 0 aromatic heterocycles. The smallest absolute Gasteiger partial charge is 0.406 e. The van der Waals surface area contributed by atoms with Crippen molar-refractivity contribution in [3.8, 4) is 5.75 Å². The van der Waals surface area contributed by atoms with Crippen molar-refractivity contribution in [2.24, 2.45) is 5.92 Å². The molecule has 3 rings (SSSR count). The van der Waals surface area contributed by atoms with Crippen molar-refractivity contribution >= 4 is 21.7 Å². The summed E-state index contributed by atoms with van der Waals surface area (Å²) >= 11 is 0. The molecule has 2 aliphatic rings. The number of halogens is 3. The minimum Gasteiger partial charge on any atom is -0.406 e. The molecular formula is C24H34F3N3O5S. The fourth-order valence-corrected chi connectivity index (χ4v) is 6.37. The van der Waals surface area contributed by atoms with E-state index in [0.717, 1.165) is 18.6 Å². The predicted molar refractivity (Wildman–Crippen MR) is 128 cm³/mol. The number of benzene rings is 1. The van der Waals surface area contributed by atoms with E-state index in [1.807, 2.05) is 7.05 Å². The molecule has 36 heavy (non-hydrogen) atoms. The first kappa shape index (κ1) is 28.2. The molecule has 1 saturated carbocycles. The maximum Gasteiger partial charge on any atom is 0.573 e. The van der Waals surface area contributed by atoms with E-state index in [0.29, 0.717) is 31.8 Å². The molecular weight excluding hydrogens is 499 g/mol. The van der Waals surface area contributed by atoms with E-state index in [1.54, 1.807) is 4.90 Å². The number of alkyl halides is 3. The van der Waals surface area contributed by atoms with E-state index in [4.69, 9.17) is 0 Å². The summed E-state index contributed by atoms with van der Waals surface area (Å²) in [6, 6.07) is 4.09. The summed E-state index contributed by atoms with van der Waals surface area (Å²) in [5, 5.41) is 2.62. The van der Waals surface area contributed by atoms with Crippen molar-refractivity contribution in [1.82, 2.24) is 15.1 Å². The van der Waals surface area contributed by atoms with Crippen LogP contribution in [0.3, 0.4) is 0 Å². The maximum absolute atomic E-state index is 13.2. The molecule has 1 heterocycles. The van der Waals surface area contributed by atoms with Gasteiger partial charge in [0.1, 0.15) is 21.6 Å². The lowest BCUT2D eigenvalue weighted by molar-refractivity contribution is -0.274. The summed E-state index contributed by atoms with van der Waals surface area (Å²) in [6.07, 6.45) is -1.22. The first-order chi connectivity index (χ1) is 16.6. The van der Waals surface area contributed by atoms with Crippen LogP contribution in [0.25, 0.3) is 0 Å². The van der Waals surface area contributed by atoms with Crippen LogP contribution < -0.4 is 10.1 Å². The number of likely N-dealkylation sites (tertiary alicyclic amines) is 1. The Bertz CT molecular complexity index is 1060. The number of amides is 2. The first-order valence-electron chi connectivity index (χ1n) is 12.0. The van der Waals surface area contributed by atoms with E-state index in [2.05, 4.69) is 28.8 Å². The lowest BCUT2D eigenvalue weighted by Gasteiger charge is -2.44. The van der Waals surface area contributed by atoms with Crippen LogP contribution in [0.2, 0.25) is 0 Å². The Hall–Kier alpha value is -2.34. The molecule has 8 nitrogen and oxygen atoms in total. The Labute approximate surface area is 210 Å². The minimum absolute atomic E-state index is 0.0209. The SMILES string of the molecule is CC(C)N(C)[C@@H]1CC[C@H](N2CC[C@H](NC(=O)c3cccc(OC(F)(F)F)c3)C2=O)[C@@H](CS(C)(=O)=O)C1. The van der Waals surface area contributed by atoms with Crippen molar-refractivity contribution in [2.45, 2.75) is 70.1 Å². The van der Waals surface area contributed by atoms with Crippen LogP contribution in [-0.4, -0.2) is 86.2 Å². The molecule has 1 aliphatic heterocycles. The number of carbonyl (C=O) groups excluding carboxylic acids is 2. The standard InChI is InChI=1S/C24H34F3N3O5S/c1-15(2)29(3)18-8-9-21(17(12-18)14-36(4,33)34)30-11-10-20(23(30)32)28-22(31)16-6-5-7-19(13-16)35-24(25,26)27/h5-7,13,15,17-18,20-21H,8-12,14H2,1-4H3,(H,28,31)/t17-,18-,20+,21+/m1/s1. The largest absolute Gasteiger partial charge is 0.573 e. The van der Waals surface area contributed by atoms with Gasteiger partial charge in [0.25, 0.3) is 5.91 Å². The van der Waals surface area contributed by atoms with E-state index in [1.165, 1.54) is 18.4 Å². The monoisotopic (exact) mass is 533 g/mol. The molecule has 12 heteroatoms. The maximum atomic E-state index is 13.2. The van der Waals surface area contributed by atoms with E-state index < -0.39 is 33.9 Å². The molecule has 1 aromatic carbocycles. The topological polar surface area (TPSA) is 96.0 Å². The van der Waals surface area contributed by atoms with Crippen molar-refractivity contribution in [1.29, 1.82) is 0 Å². The van der Waals surface area contributed by atoms with Crippen LogP contribution in [0.1, 0.15) is 49.9 Å². The average Bonchev–Trinajstić information content (AvgIpc) is 3.10. The van der Waals surface area contributed by atoms with Crippen LogP contribution in [-0.2, 0) is 14.6 Å². The highest BCUT2D eigenvalue weighted by atomic mass is 32.2. The number of hydrogen-bond donors (Lipinski definition) is 1. The Morgan fingerprint density at radius 3 is 2.56 bits per heavy atom. The van der Waals surface area contributed by atoms with Gasteiger partial charge in [0.05, 0.1) is 5.75 Å². The van der Waals surface area contributed by atoms with Crippen molar-refractivity contribution < 1.29 is 35.9 Å². The summed E-state index contributed by atoms with van der Waals surface area (Å²) in [7, 11) is -1.25. The number of sulfone groups is 1. The molecule has 1 aromatic rings. The summed E-state index contributed by atoms with van der Waals surface area (Å²) in [6.45, 7) is 4.54. The minimum atomic E-state index is -4.89. The third-order valence-electron chi connectivity index (χ3n) is 7.10. The normalized spacial score (nSPS) is 25.5. The molecule has 4 atom stereocenters. The van der Waals surface area contributed by atoms with Gasteiger partial charge >= 0.3 is 6.36 Å². The van der Waals surface area contributed by atoms with Gasteiger partial charge in [0.2, 0.25) is 5.91 Å². The Kier molecular flexibility index (Phi) is 8.59. The second-order valence-corrected chi connectivity index (χ2v) is 12.3. The zero-order valence-electron chi connectivity index (χ0n) is 20.9. The fourth-order valence-electron chi connectivity index (χ4n) is 5.23. The van der Waals surface area contributed by atoms with Gasteiger partial charge in [-0.1, -0.05) is 6.07 Å². The molecule has 0 spiro atoms. The molecule has 1 saturated heterocycles. The summed E-state index contributed by atoms with van der Waals surface area (Å²) in [4.78, 5) is 29.8. The third kappa shape index (κ3) is 7.34. The quantitative estimate of drug-likeness (QED) is 0.552. The molecule has 2 fully saturated rings. The van der Waals surface area contributed by atoms with Gasteiger partial charge in [-0.2, -0.15) is 0 Å². The van der Waals surface area contributed by atoms with Gasteiger partial charge in [-0.3, -0.25) is 9.59 Å². The first-order valence-corrected chi connectivity index (χ1v) is 14.1. The van der Waals surface area contributed by atoms with Crippen LogP contribution in [0, 0.1) is 5.92 Å². The van der Waals surface area contributed by atoms with Crippen LogP contribution in [0.5, 0.6) is 5.75 Å². The Morgan fingerprint density at radius 2 is 1.94 bits per heavy atom. The van der Waals surface area contributed by atoms with Crippen molar-refractivity contribution in [3.05, 3.63) is 29.8 Å². The Balaban J connectivity index is 1.70. The van der Waals surface area contributed by atoms with Gasteiger partial charge in [0, 0.05) is 36.5 Å². The van der Waals surface area contributed by atoms with E-state index >= 15 is 0 Å². The second kappa shape index (κ2) is 11.0. The number of hydrogen-bond acceptors (Lipinski definition) is 6. The molecule has 1 aliphatic carbocycles. The lowest BCUT2D eigenvalue weighted by atomic mass is 9.81. The number of ether oxygens (including phenoxy) is 1. The fraction of sp³-hybridized carbons (Fsp3) is 0.667. The van der Waals surface area contributed by atoms with Gasteiger partial charge < -0.3 is 19.9 Å². The number of nitrogens with zero attached hydrogens (tertiary/aromatic N) is 2. The molecule has 0 unspecified atom stereocenters. The van der Waals surface area contributed by atoms with E-state index in [9.17, 15) is 31.2 Å². The van der Waals surface area contributed by atoms with E-state index in [-0.39, 0.29) is 35.2 Å². The highest BCUT2D eigenvalue weighted by Gasteiger charge is 2.43. The van der Waals surface area contributed by atoms with Crippen molar-refractivity contribution in [3.63, 3.8) is 0 Å². The molecule has 1 N–H and O–H groups in total. The van der Waals surface area contributed by atoms with Crippen LogP contribution in [0.4, 0.5) is 13.2 Å².